The number of nitrogens with one attached hydrogen (secondary N) is 3. The van der Waals surface area contributed by atoms with E-state index in [4.69, 9.17) is 0 Å². The molecule has 0 fully saturated rings. The third kappa shape index (κ3) is 2.81. The number of H-pyrrole nitrogens is 2. The van der Waals surface area contributed by atoms with Gasteiger partial charge in [-0.2, -0.15) is 5.10 Å². The van der Waals surface area contributed by atoms with Crippen LogP contribution in [-0.4, -0.2) is 36.0 Å². The van der Waals surface area contributed by atoms with Gasteiger partial charge >= 0.3 is 0 Å². The third-order valence-electron chi connectivity index (χ3n) is 4.50. The van der Waals surface area contributed by atoms with Gasteiger partial charge in [-0.15, -0.1) is 11.3 Å². The molecule has 4 heterocycles. The van der Waals surface area contributed by atoms with Crippen LogP contribution >= 0.6 is 11.3 Å². The summed E-state index contributed by atoms with van der Waals surface area (Å²) < 4.78 is 0. The van der Waals surface area contributed by atoms with Gasteiger partial charge in [0.1, 0.15) is 10.7 Å². The Morgan fingerprint density at radius 3 is 2.82 bits per heavy atom. The van der Waals surface area contributed by atoms with Gasteiger partial charge in [0.15, 0.2) is 5.82 Å². The second kappa shape index (κ2) is 6.54. The summed E-state index contributed by atoms with van der Waals surface area (Å²) in [5.74, 6) is -0.000442. The van der Waals surface area contributed by atoms with Crippen LogP contribution in [0.1, 0.15) is 28.6 Å². The standard InChI is InChI=1S/C19H15N7OS/c1-10(19-21-6-7-28-19)22-18(27)17-23-14-8-12-13(9-15(14)24-17)25-26-16(12)11-2-4-20-5-3-11/h2-10H,1H3,(H,22,27)(H,23,24)(H,25,26)/t10-/m1/s1. The van der Waals surface area contributed by atoms with Gasteiger partial charge < -0.3 is 10.3 Å². The van der Waals surface area contributed by atoms with Crippen LogP contribution in [0.4, 0.5) is 0 Å². The van der Waals surface area contributed by atoms with Crippen molar-refractivity contribution in [2.24, 2.45) is 0 Å². The Bertz CT molecular complexity index is 1270. The lowest BCUT2D eigenvalue weighted by Crippen LogP contribution is -2.27. The molecule has 0 bridgehead atoms. The van der Waals surface area contributed by atoms with E-state index in [1.54, 1.807) is 18.6 Å². The molecule has 5 rings (SSSR count). The molecule has 0 aliphatic heterocycles. The number of hydrogen-bond donors (Lipinski definition) is 3. The van der Waals surface area contributed by atoms with Gasteiger partial charge in [-0.25, -0.2) is 9.97 Å². The number of pyridine rings is 1. The maximum atomic E-state index is 12.6. The largest absolute Gasteiger partial charge is 0.340 e. The molecule has 1 amide bonds. The van der Waals surface area contributed by atoms with E-state index < -0.39 is 0 Å². The minimum atomic E-state index is -0.268. The Balaban J connectivity index is 1.50. The summed E-state index contributed by atoms with van der Waals surface area (Å²) in [5, 5.41) is 14.1. The minimum absolute atomic E-state index is 0.183. The molecule has 1 atom stereocenters. The number of carbonyl (C=O) groups is 1. The molecule has 0 radical (unpaired) electrons. The van der Waals surface area contributed by atoms with E-state index in [2.05, 4.69) is 35.5 Å². The Kier molecular flexibility index (Phi) is 3.87. The first-order valence-electron chi connectivity index (χ1n) is 8.67. The SMILES string of the molecule is C[C@@H](NC(=O)c1nc2cc3c(-c4ccncc4)n[nH]c3cc2[nH]1)c1nccs1. The fourth-order valence-corrected chi connectivity index (χ4v) is 3.78. The van der Waals surface area contributed by atoms with Gasteiger partial charge in [-0.1, -0.05) is 0 Å². The molecule has 5 aromatic rings. The number of benzene rings is 1. The lowest BCUT2D eigenvalue weighted by atomic mass is 10.1. The van der Waals surface area contributed by atoms with E-state index in [0.29, 0.717) is 5.52 Å². The van der Waals surface area contributed by atoms with Crippen LogP contribution in [0.25, 0.3) is 33.2 Å². The summed E-state index contributed by atoms with van der Waals surface area (Å²) in [7, 11) is 0. The number of amides is 1. The summed E-state index contributed by atoms with van der Waals surface area (Å²) >= 11 is 1.50. The van der Waals surface area contributed by atoms with E-state index in [0.717, 1.165) is 32.7 Å². The average Bonchev–Trinajstić information content (AvgIpc) is 3.45. The highest BCUT2D eigenvalue weighted by atomic mass is 32.1. The van der Waals surface area contributed by atoms with Crippen LogP contribution in [-0.2, 0) is 0 Å². The first-order chi connectivity index (χ1) is 13.7. The zero-order valence-electron chi connectivity index (χ0n) is 14.8. The Morgan fingerprint density at radius 1 is 1.18 bits per heavy atom. The molecule has 0 aliphatic carbocycles. The van der Waals surface area contributed by atoms with E-state index in [9.17, 15) is 4.79 Å². The average molecular weight is 389 g/mol. The zero-order chi connectivity index (χ0) is 19.1. The van der Waals surface area contributed by atoms with E-state index in [1.165, 1.54) is 11.3 Å². The van der Waals surface area contributed by atoms with Crippen molar-refractivity contribution in [3.63, 3.8) is 0 Å². The van der Waals surface area contributed by atoms with Crippen molar-refractivity contribution in [3.05, 3.63) is 59.1 Å². The quantitative estimate of drug-likeness (QED) is 0.436. The normalized spacial score (nSPS) is 12.5. The summed E-state index contributed by atoms with van der Waals surface area (Å²) in [6.45, 7) is 1.90. The van der Waals surface area contributed by atoms with E-state index in [-0.39, 0.29) is 17.8 Å². The fraction of sp³-hybridized carbons (Fsp3) is 0.105. The lowest BCUT2D eigenvalue weighted by Gasteiger charge is -2.09. The summed E-state index contributed by atoms with van der Waals surface area (Å²) in [4.78, 5) is 28.4. The van der Waals surface area contributed by atoms with Crippen LogP contribution < -0.4 is 5.32 Å². The van der Waals surface area contributed by atoms with Crippen LogP contribution in [0.5, 0.6) is 0 Å². The molecule has 0 saturated heterocycles. The Labute approximate surface area is 163 Å². The van der Waals surface area contributed by atoms with Crippen molar-refractivity contribution in [1.82, 2.24) is 35.5 Å². The predicted molar refractivity (Wildman–Crippen MR) is 107 cm³/mol. The maximum Gasteiger partial charge on any atom is 0.287 e. The number of thiazole rings is 1. The molecule has 0 unspecified atom stereocenters. The lowest BCUT2D eigenvalue weighted by molar-refractivity contribution is 0.0930. The molecule has 1 aromatic carbocycles. The van der Waals surface area contributed by atoms with Crippen molar-refractivity contribution in [2.45, 2.75) is 13.0 Å². The van der Waals surface area contributed by atoms with Crippen LogP contribution in [0.3, 0.4) is 0 Å². The number of aromatic amines is 2. The van der Waals surface area contributed by atoms with Gasteiger partial charge in [0.05, 0.1) is 22.6 Å². The topological polar surface area (TPSA) is 112 Å². The first-order valence-corrected chi connectivity index (χ1v) is 9.55. The Morgan fingerprint density at radius 2 is 2.04 bits per heavy atom. The number of fused-ring (bicyclic) bond motifs is 2. The van der Waals surface area contributed by atoms with Crippen molar-refractivity contribution in [3.8, 4) is 11.3 Å². The van der Waals surface area contributed by atoms with Gasteiger partial charge in [-0.05, 0) is 31.2 Å². The first kappa shape index (κ1) is 16.6. The number of hydrogen-bond acceptors (Lipinski definition) is 6. The molecule has 0 aliphatic rings. The zero-order valence-corrected chi connectivity index (χ0v) is 15.6. The third-order valence-corrected chi connectivity index (χ3v) is 5.46. The van der Waals surface area contributed by atoms with Gasteiger partial charge in [0.2, 0.25) is 0 Å². The summed E-state index contributed by atoms with van der Waals surface area (Å²) in [5.41, 5.74) is 4.13. The minimum Gasteiger partial charge on any atom is -0.340 e. The molecule has 8 nitrogen and oxygen atoms in total. The van der Waals surface area contributed by atoms with Crippen LogP contribution in [0, 0.1) is 0 Å². The Hall–Kier alpha value is -3.59. The molecule has 0 saturated carbocycles. The molecule has 28 heavy (non-hydrogen) atoms. The van der Waals surface area contributed by atoms with Crippen molar-refractivity contribution in [1.29, 1.82) is 0 Å². The van der Waals surface area contributed by atoms with Crippen LogP contribution in [0.15, 0.2) is 48.2 Å². The van der Waals surface area contributed by atoms with Gasteiger partial charge in [0, 0.05) is 34.9 Å². The van der Waals surface area contributed by atoms with E-state index >= 15 is 0 Å². The molecular weight excluding hydrogens is 374 g/mol. The second-order valence-electron chi connectivity index (χ2n) is 6.37. The number of carbonyl (C=O) groups excluding carboxylic acids is 1. The molecule has 4 aromatic heterocycles. The fourth-order valence-electron chi connectivity index (χ4n) is 3.13. The highest BCUT2D eigenvalue weighted by molar-refractivity contribution is 7.09. The molecule has 9 heteroatoms. The number of imidazole rings is 1. The second-order valence-corrected chi connectivity index (χ2v) is 7.30. The van der Waals surface area contributed by atoms with Crippen LogP contribution in [0.2, 0.25) is 0 Å². The van der Waals surface area contributed by atoms with E-state index in [1.807, 2.05) is 36.6 Å². The number of aromatic nitrogens is 6. The van der Waals surface area contributed by atoms with Gasteiger partial charge in [-0.3, -0.25) is 14.9 Å². The monoisotopic (exact) mass is 389 g/mol. The van der Waals surface area contributed by atoms with Gasteiger partial charge in [0.25, 0.3) is 5.91 Å². The predicted octanol–water partition coefficient (Wildman–Crippen LogP) is 3.45. The molecular formula is C19H15N7OS. The highest BCUT2D eigenvalue weighted by Crippen LogP contribution is 2.29. The molecule has 138 valence electrons. The highest BCUT2D eigenvalue weighted by Gasteiger charge is 2.18. The maximum absolute atomic E-state index is 12.6. The number of rotatable bonds is 4. The van der Waals surface area contributed by atoms with Crippen molar-refractivity contribution in [2.75, 3.05) is 0 Å². The smallest absolute Gasteiger partial charge is 0.287 e. The number of nitrogens with zero attached hydrogens (tertiary/aromatic N) is 4. The molecule has 3 N–H and O–H groups in total. The molecule has 0 spiro atoms. The van der Waals surface area contributed by atoms with Crippen molar-refractivity contribution < 1.29 is 4.79 Å². The summed E-state index contributed by atoms with van der Waals surface area (Å²) in [6.07, 6.45) is 5.18. The van der Waals surface area contributed by atoms with Crippen molar-refractivity contribution >= 4 is 39.2 Å². The summed E-state index contributed by atoms with van der Waals surface area (Å²) in [6, 6.07) is 7.47.